The average Bonchev–Trinajstić information content (AvgIpc) is 2.52. The normalized spacial score (nSPS) is 12.6. The molecule has 0 saturated heterocycles. The van der Waals surface area contributed by atoms with Gasteiger partial charge in [0.05, 0.1) is 4.90 Å². The predicted octanol–water partition coefficient (Wildman–Crippen LogP) is 1.42. The highest BCUT2D eigenvalue weighted by Crippen LogP contribution is 2.09. The van der Waals surface area contributed by atoms with Crippen LogP contribution >= 0.6 is 0 Å². The van der Waals surface area contributed by atoms with Gasteiger partial charge in [0.1, 0.15) is 0 Å². The fraction of sp³-hybridized carbons (Fsp3) is 0.0667. The number of sulfonamides is 2. The van der Waals surface area contributed by atoms with Crippen LogP contribution in [0.2, 0.25) is 0 Å². The standard InChI is InChI=1S/C15H16N2O4S2/c16-23(20,21)15-8-6-14(7-9-15)12-17-22(18,19)11-10-13-4-2-1-3-5-13/h1-11,17H,12H2,(H2,16,20,21)/b11-10+. The maximum Gasteiger partial charge on any atom is 0.238 e. The van der Waals surface area contributed by atoms with E-state index in [0.717, 1.165) is 11.0 Å². The van der Waals surface area contributed by atoms with Crippen LogP contribution in [0.4, 0.5) is 0 Å². The molecule has 0 bridgehead atoms. The molecule has 0 atom stereocenters. The highest BCUT2D eigenvalue weighted by molar-refractivity contribution is 7.92. The summed E-state index contributed by atoms with van der Waals surface area (Å²) in [4.78, 5) is -0.0203. The van der Waals surface area contributed by atoms with Gasteiger partial charge in [0, 0.05) is 12.0 Å². The predicted molar refractivity (Wildman–Crippen MR) is 89.1 cm³/mol. The van der Waals surface area contributed by atoms with E-state index < -0.39 is 20.0 Å². The Balaban J connectivity index is 2.01. The Morgan fingerprint density at radius 3 is 2.09 bits per heavy atom. The van der Waals surface area contributed by atoms with Gasteiger partial charge in [-0.2, -0.15) is 0 Å². The number of rotatable bonds is 6. The van der Waals surface area contributed by atoms with Crippen molar-refractivity contribution < 1.29 is 16.8 Å². The van der Waals surface area contributed by atoms with Gasteiger partial charge in [-0.1, -0.05) is 42.5 Å². The summed E-state index contributed by atoms with van der Waals surface area (Å²) >= 11 is 0. The second-order valence-corrected chi connectivity index (χ2v) is 7.98. The molecule has 0 amide bonds. The first-order valence-electron chi connectivity index (χ1n) is 6.61. The zero-order chi connectivity index (χ0) is 16.9. The zero-order valence-corrected chi connectivity index (χ0v) is 13.7. The van der Waals surface area contributed by atoms with Crippen LogP contribution < -0.4 is 9.86 Å². The molecule has 2 aromatic carbocycles. The van der Waals surface area contributed by atoms with E-state index in [4.69, 9.17) is 5.14 Å². The van der Waals surface area contributed by atoms with Crippen LogP contribution in [0.25, 0.3) is 6.08 Å². The Labute approximate surface area is 135 Å². The van der Waals surface area contributed by atoms with Crippen LogP contribution in [0.1, 0.15) is 11.1 Å². The van der Waals surface area contributed by atoms with Crippen LogP contribution in [0, 0.1) is 0 Å². The van der Waals surface area contributed by atoms with Gasteiger partial charge < -0.3 is 0 Å². The van der Waals surface area contributed by atoms with Crippen LogP contribution in [0.3, 0.4) is 0 Å². The molecule has 2 aromatic rings. The minimum absolute atomic E-state index is 0.0203. The molecule has 0 aliphatic carbocycles. The van der Waals surface area contributed by atoms with Crippen molar-refractivity contribution in [3.63, 3.8) is 0 Å². The smallest absolute Gasteiger partial charge is 0.225 e. The summed E-state index contributed by atoms with van der Waals surface area (Å²) in [5, 5.41) is 6.08. The summed E-state index contributed by atoms with van der Waals surface area (Å²) in [5.74, 6) is 0. The highest BCUT2D eigenvalue weighted by atomic mass is 32.2. The lowest BCUT2D eigenvalue weighted by molar-refractivity contribution is 0.590. The van der Waals surface area contributed by atoms with Gasteiger partial charge in [-0.05, 0) is 29.3 Å². The van der Waals surface area contributed by atoms with Gasteiger partial charge in [0.25, 0.3) is 0 Å². The Morgan fingerprint density at radius 2 is 1.52 bits per heavy atom. The van der Waals surface area contributed by atoms with Crippen molar-refractivity contribution in [2.75, 3.05) is 0 Å². The van der Waals surface area contributed by atoms with Crippen LogP contribution in [0.5, 0.6) is 0 Å². The summed E-state index contributed by atoms with van der Waals surface area (Å²) in [7, 11) is -7.34. The van der Waals surface area contributed by atoms with Crippen molar-refractivity contribution in [3.8, 4) is 0 Å². The van der Waals surface area contributed by atoms with Crippen LogP contribution in [0.15, 0.2) is 64.9 Å². The number of hydrogen-bond donors (Lipinski definition) is 2. The summed E-state index contributed by atoms with van der Waals surface area (Å²) < 4.78 is 48.5. The quantitative estimate of drug-likeness (QED) is 0.820. The van der Waals surface area contributed by atoms with Crippen molar-refractivity contribution in [2.45, 2.75) is 11.4 Å². The number of nitrogens with two attached hydrogens (primary N) is 1. The van der Waals surface area contributed by atoms with E-state index in [0.29, 0.717) is 5.56 Å². The van der Waals surface area contributed by atoms with Crippen molar-refractivity contribution in [3.05, 3.63) is 71.1 Å². The molecule has 0 fully saturated rings. The van der Waals surface area contributed by atoms with Gasteiger partial charge in [-0.25, -0.2) is 26.7 Å². The molecule has 0 aromatic heterocycles. The van der Waals surface area contributed by atoms with Gasteiger partial charge in [0.15, 0.2) is 0 Å². The number of hydrogen-bond acceptors (Lipinski definition) is 4. The zero-order valence-electron chi connectivity index (χ0n) is 12.1. The van der Waals surface area contributed by atoms with Crippen molar-refractivity contribution >= 4 is 26.1 Å². The molecule has 0 aliphatic rings. The van der Waals surface area contributed by atoms with Gasteiger partial charge in [-0.3, -0.25) is 0 Å². The topological polar surface area (TPSA) is 106 Å². The average molecular weight is 352 g/mol. The van der Waals surface area contributed by atoms with Crippen molar-refractivity contribution in [1.82, 2.24) is 4.72 Å². The SMILES string of the molecule is NS(=O)(=O)c1ccc(CNS(=O)(=O)/C=C/c2ccccc2)cc1. The number of benzene rings is 2. The second kappa shape index (κ2) is 7.05. The molecule has 8 heteroatoms. The molecule has 3 N–H and O–H groups in total. The lowest BCUT2D eigenvalue weighted by Gasteiger charge is -2.04. The second-order valence-electron chi connectivity index (χ2n) is 4.77. The lowest BCUT2D eigenvalue weighted by Crippen LogP contribution is -2.20. The van der Waals surface area contributed by atoms with Crippen LogP contribution in [-0.2, 0) is 26.6 Å². The van der Waals surface area contributed by atoms with Gasteiger partial charge in [0.2, 0.25) is 20.0 Å². The maximum atomic E-state index is 11.9. The summed E-state index contributed by atoms with van der Waals surface area (Å²) in [6.07, 6.45) is 1.49. The van der Waals surface area contributed by atoms with E-state index in [2.05, 4.69) is 4.72 Å². The molecule has 0 heterocycles. The summed E-state index contributed by atoms with van der Waals surface area (Å²) in [6.45, 7) is 0.0480. The minimum Gasteiger partial charge on any atom is -0.225 e. The van der Waals surface area contributed by atoms with E-state index in [9.17, 15) is 16.8 Å². The molecule has 0 radical (unpaired) electrons. The first-order valence-corrected chi connectivity index (χ1v) is 9.70. The van der Waals surface area contributed by atoms with E-state index >= 15 is 0 Å². The van der Waals surface area contributed by atoms with Crippen molar-refractivity contribution in [1.29, 1.82) is 0 Å². The van der Waals surface area contributed by atoms with E-state index in [1.54, 1.807) is 12.1 Å². The van der Waals surface area contributed by atoms with Gasteiger partial charge in [-0.15, -0.1) is 0 Å². The Morgan fingerprint density at radius 1 is 0.913 bits per heavy atom. The monoisotopic (exact) mass is 352 g/mol. The molecule has 23 heavy (non-hydrogen) atoms. The molecule has 0 spiro atoms. The first-order chi connectivity index (χ1) is 10.8. The molecule has 0 aliphatic heterocycles. The molecule has 0 saturated carbocycles. The van der Waals surface area contributed by atoms with Crippen molar-refractivity contribution in [2.24, 2.45) is 5.14 Å². The molecule has 0 unspecified atom stereocenters. The van der Waals surface area contributed by atoms with E-state index in [1.807, 2.05) is 18.2 Å². The molecule has 6 nitrogen and oxygen atoms in total. The maximum absolute atomic E-state index is 11.9. The first kappa shape index (κ1) is 17.4. The van der Waals surface area contributed by atoms with Crippen LogP contribution in [-0.4, -0.2) is 16.8 Å². The molecular formula is C15H16N2O4S2. The summed E-state index contributed by atoms with van der Waals surface area (Å²) in [5.41, 5.74) is 1.39. The highest BCUT2D eigenvalue weighted by Gasteiger charge is 2.08. The third-order valence-corrected chi connectivity index (χ3v) is 4.94. The van der Waals surface area contributed by atoms with E-state index in [-0.39, 0.29) is 11.4 Å². The largest absolute Gasteiger partial charge is 0.238 e. The van der Waals surface area contributed by atoms with E-state index in [1.165, 1.54) is 30.3 Å². The number of primary sulfonamides is 1. The minimum atomic E-state index is -3.75. The fourth-order valence-corrected chi connectivity index (χ4v) is 3.08. The molecular weight excluding hydrogens is 336 g/mol. The lowest BCUT2D eigenvalue weighted by atomic mass is 10.2. The Hall–Kier alpha value is -2.00. The molecule has 2 rings (SSSR count). The molecule has 122 valence electrons. The third kappa shape index (κ3) is 5.61. The fourth-order valence-electron chi connectivity index (χ4n) is 1.76. The van der Waals surface area contributed by atoms with Gasteiger partial charge >= 0.3 is 0 Å². The third-order valence-electron chi connectivity index (χ3n) is 2.97. The number of nitrogens with one attached hydrogen (secondary N) is 1. The summed E-state index contributed by atoms with van der Waals surface area (Å²) in [6, 6.07) is 14.7. The Kier molecular flexibility index (Phi) is 5.32. The Bertz CT molecular complexity index is 888.